The van der Waals surface area contributed by atoms with Gasteiger partial charge >= 0.3 is 0 Å². The summed E-state index contributed by atoms with van der Waals surface area (Å²) >= 11 is 0. The van der Waals surface area contributed by atoms with Crippen LogP contribution in [0.1, 0.15) is 35.5 Å². The fourth-order valence-electron chi connectivity index (χ4n) is 2.51. The average Bonchev–Trinajstić information content (AvgIpc) is 2.62. The molecule has 5 heteroatoms. The van der Waals surface area contributed by atoms with Crippen molar-refractivity contribution in [1.29, 1.82) is 0 Å². The second-order valence-electron chi connectivity index (χ2n) is 5.46. The number of carbonyl (C=O) groups is 1. The van der Waals surface area contributed by atoms with E-state index in [1.54, 1.807) is 19.4 Å². The summed E-state index contributed by atoms with van der Waals surface area (Å²) < 4.78 is 4.91. The molecule has 2 rings (SSSR count). The highest BCUT2D eigenvalue weighted by molar-refractivity contribution is 5.92. The number of ether oxygens (including phenoxy) is 1. The Morgan fingerprint density at radius 2 is 1.83 bits per heavy atom. The molecule has 0 unspecified atom stereocenters. The Labute approximate surface area is 143 Å². The first kappa shape index (κ1) is 17.9. The fourth-order valence-corrected chi connectivity index (χ4v) is 2.51. The zero-order chi connectivity index (χ0) is 17.4. The number of methoxy groups -OCH3 is 1. The molecule has 0 radical (unpaired) electrons. The maximum absolute atomic E-state index is 11.9. The molecule has 2 aromatic rings. The number of amides is 1. The van der Waals surface area contributed by atoms with E-state index < -0.39 is 0 Å². The minimum atomic E-state index is -0.193. The summed E-state index contributed by atoms with van der Waals surface area (Å²) in [5.41, 5.74) is 4.96. The number of nitrogens with zero attached hydrogens (tertiary/aromatic N) is 1. The lowest BCUT2D eigenvalue weighted by Crippen LogP contribution is -2.27. The van der Waals surface area contributed by atoms with Gasteiger partial charge in [-0.25, -0.2) is 4.98 Å². The Balaban J connectivity index is 2.11. The Hall–Kier alpha value is -2.40. The maximum atomic E-state index is 11.9. The van der Waals surface area contributed by atoms with Gasteiger partial charge in [-0.05, 0) is 36.1 Å². The van der Waals surface area contributed by atoms with Crippen molar-refractivity contribution in [1.82, 2.24) is 10.3 Å². The lowest BCUT2D eigenvalue weighted by Gasteiger charge is -2.15. The van der Waals surface area contributed by atoms with Crippen LogP contribution in [-0.4, -0.2) is 31.2 Å². The number of aryl methyl sites for hydroxylation is 2. The lowest BCUT2D eigenvalue weighted by molar-refractivity contribution is 0.0932. The molecule has 5 nitrogen and oxygen atoms in total. The number of rotatable bonds is 8. The van der Waals surface area contributed by atoms with Crippen molar-refractivity contribution in [2.75, 3.05) is 25.6 Å². The molecule has 24 heavy (non-hydrogen) atoms. The van der Waals surface area contributed by atoms with E-state index >= 15 is 0 Å². The third-order valence-corrected chi connectivity index (χ3v) is 3.86. The summed E-state index contributed by atoms with van der Waals surface area (Å²) in [6.45, 7) is 5.25. The van der Waals surface area contributed by atoms with Crippen LogP contribution in [-0.2, 0) is 17.6 Å². The molecule has 128 valence electrons. The number of para-hydroxylation sites is 1. The third kappa shape index (κ3) is 4.55. The minimum Gasteiger partial charge on any atom is -0.383 e. The van der Waals surface area contributed by atoms with Crippen LogP contribution in [0, 0.1) is 0 Å². The van der Waals surface area contributed by atoms with Crippen molar-refractivity contribution in [3.8, 4) is 0 Å². The van der Waals surface area contributed by atoms with Crippen LogP contribution in [0.2, 0.25) is 0 Å². The van der Waals surface area contributed by atoms with Gasteiger partial charge in [0.15, 0.2) is 0 Å². The molecule has 0 bridgehead atoms. The molecule has 0 aliphatic carbocycles. The average molecular weight is 327 g/mol. The second kappa shape index (κ2) is 9.03. The van der Waals surface area contributed by atoms with E-state index in [2.05, 4.69) is 47.7 Å². The molecule has 1 heterocycles. The summed E-state index contributed by atoms with van der Waals surface area (Å²) in [4.78, 5) is 16.2. The Morgan fingerprint density at radius 3 is 2.38 bits per heavy atom. The van der Waals surface area contributed by atoms with Gasteiger partial charge < -0.3 is 15.4 Å². The molecule has 1 aromatic carbocycles. The van der Waals surface area contributed by atoms with E-state index in [4.69, 9.17) is 4.74 Å². The zero-order valence-corrected chi connectivity index (χ0v) is 14.6. The highest BCUT2D eigenvalue weighted by Crippen LogP contribution is 2.26. The first-order chi connectivity index (χ1) is 11.7. The quantitative estimate of drug-likeness (QED) is 0.730. The van der Waals surface area contributed by atoms with E-state index in [9.17, 15) is 4.79 Å². The molecule has 1 aromatic heterocycles. The van der Waals surface area contributed by atoms with Gasteiger partial charge in [-0.3, -0.25) is 4.79 Å². The van der Waals surface area contributed by atoms with Crippen molar-refractivity contribution in [2.45, 2.75) is 26.7 Å². The van der Waals surface area contributed by atoms with Gasteiger partial charge in [0.25, 0.3) is 5.91 Å². The number of pyridine rings is 1. The molecule has 0 fully saturated rings. The van der Waals surface area contributed by atoms with Crippen molar-refractivity contribution < 1.29 is 9.53 Å². The van der Waals surface area contributed by atoms with Gasteiger partial charge in [0.2, 0.25) is 0 Å². The summed E-state index contributed by atoms with van der Waals surface area (Å²) in [5, 5.41) is 6.21. The summed E-state index contributed by atoms with van der Waals surface area (Å²) in [6.07, 6.45) is 3.62. The third-order valence-electron chi connectivity index (χ3n) is 3.86. The van der Waals surface area contributed by atoms with Crippen molar-refractivity contribution in [3.63, 3.8) is 0 Å². The normalized spacial score (nSPS) is 10.5. The van der Waals surface area contributed by atoms with Gasteiger partial charge in [0.1, 0.15) is 5.69 Å². The standard InChI is InChI=1S/C19H25N3O2/c1-4-14-7-6-8-15(5-2)18(14)22-16-9-10-17(21-13-16)19(23)20-11-12-24-3/h6-10,13,22H,4-5,11-12H2,1-3H3,(H,20,23). The molecule has 0 atom stereocenters. The van der Waals surface area contributed by atoms with Crippen molar-refractivity contribution in [2.24, 2.45) is 0 Å². The SMILES string of the molecule is CCc1cccc(CC)c1Nc1ccc(C(=O)NCCOC)nc1. The van der Waals surface area contributed by atoms with Gasteiger partial charge in [0.05, 0.1) is 18.5 Å². The highest BCUT2D eigenvalue weighted by Gasteiger charge is 2.09. The number of hydrogen-bond acceptors (Lipinski definition) is 4. The number of carbonyl (C=O) groups excluding carboxylic acids is 1. The number of nitrogens with one attached hydrogen (secondary N) is 2. The Kier molecular flexibility index (Phi) is 6.75. The summed E-state index contributed by atoms with van der Waals surface area (Å²) in [7, 11) is 1.60. The Morgan fingerprint density at radius 1 is 1.12 bits per heavy atom. The monoisotopic (exact) mass is 327 g/mol. The van der Waals surface area contributed by atoms with Crippen LogP contribution in [0.15, 0.2) is 36.5 Å². The number of anilines is 2. The van der Waals surface area contributed by atoms with Gasteiger partial charge in [-0.15, -0.1) is 0 Å². The van der Waals surface area contributed by atoms with Gasteiger partial charge in [-0.1, -0.05) is 32.0 Å². The van der Waals surface area contributed by atoms with E-state index in [1.807, 2.05) is 6.07 Å². The largest absolute Gasteiger partial charge is 0.383 e. The topological polar surface area (TPSA) is 63.2 Å². The predicted octanol–water partition coefficient (Wildman–Crippen LogP) is 3.33. The fraction of sp³-hybridized carbons (Fsp3) is 0.368. The maximum Gasteiger partial charge on any atom is 0.269 e. The van der Waals surface area contributed by atoms with Crippen LogP contribution in [0.25, 0.3) is 0 Å². The molecule has 0 aliphatic rings. The predicted molar refractivity (Wildman–Crippen MR) is 96.9 cm³/mol. The van der Waals surface area contributed by atoms with E-state index in [1.165, 1.54) is 11.1 Å². The lowest BCUT2D eigenvalue weighted by atomic mass is 10.0. The molecule has 0 saturated carbocycles. The van der Waals surface area contributed by atoms with Crippen LogP contribution < -0.4 is 10.6 Å². The smallest absolute Gasteiger partial charge is 0.269 e. The second-order valence-corrected chi connectivity index (χ2v) is 5.46. The van der Waals surface area contributed by atoms with Crippen LogP contribution >= 0.6 is 0 Å². The van der Waals surface area contributed by atoms with Crippen molar-refractivity contribution in [3.05, 3.63) is 53.3 Å². The number of hydrogen-bond donors (Lipinski definition) is 2. The van der Waals surface area contributed by atoms with Crippen LogP contribution in [0.3, 0.4) is 0 Å². The first-order valence-corrected chi connectivity index (χ1v) is 8.30. The minimum absolute atomic E-state index is 0.193. The highest BCUT2D eigenvalue weighted by atomic mass is 16.5. The molecule has 1 amide bonds. The Bertz CT molecular complexity index is 647. The van der Waals surface area contributed by atoms with E-state index in [-0.39, 0.29) is 5.91 Å². The van der Waals surface area contributed by atoms with E-state index in [0.717, 1.165) is 24.2 Å². The van der Waals surface area contributed by atoms with Crippen LogP contribution in [0.4, 0.5) is 11.4 Å². The molecule has 0 aliphatic heterocycles. The van der Waals surface area contributed by atoms with Crippen molar-refractivity contribution >= 4 is 17.3 Å². The van der Waals surface area contributed by atoms with Gasteiger partial charge in [0, 0.05) is 19.3 Å². The summed E-state index contributed by atoms with van der Waals surface area (Å²) in [6, 6.07) is 9.96. The number of aromatic nitrogens is 1. The molecule has 0 spiro atoms. The molecule has 0 saturated heterocycles. The van der Waals surface area contributed by atoms with Gasteiger partial charge in [-0.2, -0.15) is 0 Å². The van der Waals surface area contributed by atoms with Crippen LogP contribution in [0.5, 0.6) is 0 Å². The summed E-state index contributed by atoms with van der Waals surface area (Å²) in [5.74, 6) is -0.193. The molecule has 2 N–H and O–H groups in total. The molecular formula is C19H25N3O2. The first-order valence-electron chi connectivity index (χ1n) is 8.30. The number of benzene rings is 1. The zero-order valence-electron chi connectivity index (χ0n) is 14.6. The molecular weight excluding hydrogens is 302 g/mol. The van der Waals surface area contributed by atoms with E-state index in [0.29, 0.717) is 18.8 Å².